The first-order chi connectivity index (χ1) is 21.6. The Morgan fingerprint density at radius 2 is 0.957 bits per heavy atom. The van der Waals surface area contributed by atoms with Gasteiger partial charge in [-0.15, -0.1) is 0 Å². The molecular weight excluding hydrogens is 568 g/mol. The van der Waals surface area contributed by atoms with Crippen LogP contribution in [0.2, 0.25) is 0 Å². The Morgan fingerprint density at radius 3 is 1.28 bits per heavy atom. The predicted octanol–water partition coefficient (Wildman–Crippen LogP) is 10.7. The lowest BCUT2D eigenvalue weighted by Gasteiger charge is -2.65. The minimum Gasteiger partial charge on any atom is -0.496 e. The fraction of sp³-hybridized carbons (Fsp3) is 0.714. The van der Waals surface area contributed by atoms with Crippen LogP contribution in [-0.2, 0) is 20.3 Å². The SMILES string of the molecule is COc1cc2c(cc1C(C)C)C1OC3C(OC1C1C(C)(C)CCCC21C)c1cc(C(C)C)c(OC)cc1C1(C)CCCC(C)(C)C31. The molecule has 7 rings (SSSR count). The van der Waals surface area contributed by atoms with Crippen molar-refractivity contribution in [3.05, 3.63) is 57.6 Å². The van der Waals surface area contributed by atoms with Gasteiger partial charge in [-0.1, -0.05) is 82.1 Å². The fourth-order valence-corrected chi connectivity index (χ4v) is 12.0. The third-order valence-electron chi connectivity index (χ3n) is 13.8. The summed E-state index contributed by atoms with van der Waals surface area (Å²) in [5.41, 5.74) is 8.31. The van der Waals surface area contributed by atoms with Crippen molar-refractivity contribution < 1.29 is 18.9 Å². The average Bonchev–Trinajstić information content (AvgIpc) is 2.98. The molecule has 2 aromatic rings. The van der Waals surface area contributed by atoms with Gasteiger partial charge in [0.2, 0.25) is 0 Å². The van der Waals surface area contributed by atoms with Crippen LogP contribution in [0.3, 0.4) is 0 Å². The first-order valence-corrected chi connectivity index (χ1v) is 18.3. The molecule has 252 valence electrons. The molecule has 4 aliphatic carbocycles. The maximum absolute atomic E-state index is 7.80. The van der Waals surface area contributed by atoms with E-state index in [2.05, 4.69) is 93.5 Å². The molecule has 46 heavy (non-hydrogen) atoms. The van der Waals surface area contributed by atoms with Crippen molar-refractivity contribution >= 4 is 0 Å². The van der Waals surface area contributed by atoms with Gasteiger partial charge in [-0.25, -0.2) is 0 Å². The second kappa shape index (κ2) is 10.7. The van der Waals surface area contributed by atoms with Gasteiger partial charge in [0.1, 0.15) is 23.7 Å². The van der Waals surface area contributed by atoms with Crippen molar-refractivity contribution in [2.75, 3.05) is 14.2 Å². The summed E-state index contributed by atoms with van der Waals surface area (Å²) < 4.78 is 27.8. The minimum atomic E-state index is -0.0959. The topological polar surface area (TPSA) is 36.9 Å². The van der Waals surface area contributed by atoms with E-state index in [0.29, 0.717) is 23.7 Å². The Morgan fingerprint density at radius 1 is 0.587 bits per heavy atom. The standard InChI is InChI=1S/C42H60O4/c1-23(2)25-19-27-29(21-31(25)43-11)41(9)17-13-15-39(5,6)37(41)35-33(27)45-36-34(46-35)28-20-26(24(3)4)32(44-12)22-30(28)42(10)18-14-16-40(7,8)38(36)42/h19-24,33-38H,13-18H2,1-12H3. The third kappa shape index (κ3) is 4.44. The highest BCUT2D eigenvalue weighted by Gasteiger charge is 2.65. The number of hydrogen-bond donors (Lipinski definition) is 0. The Balaban J connectivity index is 1.48. The Hall–Kier alpha value is -2.04. The smallest absolute Gasteiger partial charge is 0.122 e. The number of methoxy groups -OCH3 is 2. The van der Waals surface area contributed by atoms with Crippen LogP contribution in [0.25, 0.3) is 0 Å². The molecule has 1 heterocycles. The number of benzene rings is 2. The molecule has 0 aromatic heterocycles. The van der Waals surface area contributed by atoms with Gasteiger partial charge in [0.15, 0.2) is 0 Å². The summed E-state index contributed by atoms with van der Waals surface area (Å²) in [5, 5.41) is 0. The molecule has 2 aromatic carbocycles. The molecule has 5 aliphatic rings. The molecule has 8 unspecified atom stereocenters. The van der Waals surface area contributed by atoms with Gasteiger partial charge in [0, 0.05) is 11.8 Å². The second-order valence-electron chi connectivity index (χ2n) is 18.2. The number of ether oxygens (including phenoxy) is 4. The van der Waals surface area contributed by atoms with E-state index in [4.69, 9.17) is 18.9 Å². The second-order valence-corrected chi connectivity index (χ2v) is 18.2. The zero-order valence-electron chi connectivity index (χ0n) is 30.8. The molecule has 0 N–H and O–H groups in total. The molecule has 3 fully saturated rings. The fourth-order valence-electron chi connectivity index (χ4n) is 12.0. The van der Waals surface area contributed by atoms with Crippen LogP contribution in [0.5, 0.6) is 11.5 Å². The molecule has 0 amide bonds. The van der Waals surface area contributed by atoms with E-state index in [-0.39, 0.29) is 46.1 Å². The van der Waals surface area contributed by atoms with E-state index >= 15 is 0 Å². The zero-order valence-corrected chi connectivity index (χ0v) is 30.8. The van der Waals surface area contributed by atoms with Crippen molar-refractivity contribution in [3.63, 3.8) is 0 Å². The van der Waals surface area contributed by atoms with E-state index in [1.165, 1.54) is 59.1 Å². The molecule has 8 atom stereocenters. The molecule has 1 saturated heterocycles. The maximum atomic E-state index is 7.80. The molecule has 4 heteroatoms. The first-order valence-electron chi connectivity index (χ1n) is 18.3. The van der Waals surface area contributed by atoms with Crippen LogP contribution >= 0.6 is 0 Å². The summed E-state index contributed by atoms with van der Waals surface area (Å²) >= 11 is 0. The largest absolute Gasteiger partial charge is 0.496 e. The molecule has 1 aliphatic heterocycles. The highest BCUT2D eigenvalue weighted by Crippen LogP contribution is 2.68. The van der Waals surface area contributed by atoms with Gasteiger partial charge >= 0.3 is 0 Å². The lowest BCUT2D eigenvalue weighted by Crippen LogP contribution is -2.64. The lowest BCUT2D eigenvalue weighted by molar-refractivity contribution is -0.296. The summed E-state index contributed by atoms with van der Waals surface area (Å²) in [6.07, 6.45) is 6.98. The summed E-state index contributed by atoms with van der Waals surface area (Å²) in [4.78, 5) is 0. The monoisotopic (exact) mass is 628 g/mol. The van der Waals surface area contributed by atoms with Crippen molar-refractivity contribution in [3.8, 4) is 11.5 Å². The van der Waals surface area contributed by atoms with Crippen molar-refractivity contribution in [2.45, 2.75) is 155 Å². The van der Waals surface area contributed by atoms with E-state index < -0.39 is 0 Å². The van der Waals surface area contributed by atoms with Crippen molar-refractivity contribution in [1.82, 2.24) is 0 Å². The molecule has 0 spiro atoms. The molecule has 0 bridgehead atoms. The lowest BCUT2D eigenvalue weighted by atomic mass is 9.47. The number of fused-ring (bicyclic) bond motifs is 12. The first kappa shape index (κ1) is 32.5. The van der Waals surface area contributed by atoms with Crippen LogP contribution in [0.15, 0.2) is 24.3 Å². The van der Waals surface area contributed by atoms with Gasteiger partial charge < -0.3 is 18.9 Å². The Kier molecular flexibility index (Phi) is 7.58. The summed E-state index contributed by atoms with van der Waals surface area (Å²) in [5.74, 6) is 3.42. The highest BCUT2D eigenvalue weighted by molar-refractivity contribution is 5.54. The van der Waals surface area contributed by atoms with Crippen LogP contribution in [0.4, 0.5) is 0 Å². The number of rotatable bonds is 4. The van der Waals surface area contributed by atoms with Crippen molar-refractivity contribution in [1.29, 1.82) is 0 Å². The van der Waals surface area contributed by atoms with E-state index in [9.17, 15) is 0 Å². The van der Waals surface area contributed by atoms with Crippen LogP contribution in [0, 0.1) is 22.7 Å². The van der Waals surface area contributed by atoms with Gasteiger partial charge in [-0.05, 0) is 117 Å². The zero-order chi connectivity index (χ0) is 33.1. The highest BCUT2D eigenvalue weighted by atomic mass is 16.6. The van der Waals surface area contributed by atoms with E-state index in [1.54, 1.807) is 0 Å². The quantitative estimate of drug-likeness (QED) is 0.338. The molecular formula is C42H60O4. The Labute approximate surface area is 279 Å². The molecule has 4 nitrogen and oxygen atoms in total. The maximum Gasteiger partial charge on any atom is 0.122 e. The number of hydrogen-bond acceptors (Lipinski definition) is 4. The van der Waals surface area contributed by atoms with Crippen molar-refractivity contribution in [2.24, 2.45) is 22.7 Å². The minimum absolute atomic E-state index is 0.0175. The summed E-state index contributed by atoms with van der Waals surface area (Å²) in [6.45, 7) is 24.1. The van der Waals surface area contributed by atoms with Gasteiger partial charge in [0.25, 0.3) is 0 Å². The van der Waals surface area contributed by atoms with Gasteiger partial charge in [0.05, 0.1) is 26.4 Å². The summed E-state index contributed by atoms with van der Waals surface area (Å²) in [7, 11) is 3.67. The Bertz CT molecular complexity index is 1400. The normalized spacial score (nSPS) is 36.9. The molecule has 2 saturated carbocycles. The molecule has 0 radical (unpaired) electrons. The summed E-state index contributed by atoms with van der Waals surface area (Å²) in [6, 6.07) is 9.70. The van der Waals surface area contributed by atoms with E-state index in [0.717, 1.165) is 24.3 Å². The average molecular weight is 629 g/mol. The van der Waals surface area contributed by atoms with Crippen LogP contribution < -0.4 is 9.47 Å². The predicted molar refractivity (Wildman–Crippen MR) is 186 cm³/mol. The van der Waals surface area contributed by atoms with Crippen LogP contribution in [-0.4, -0.2) is 26.4 Å². The third-order valence-corrected chi connectivity index (χ3v) is 13.8. The van der Waals surface area contributed by atoms with Gasteiger partial charge in [-0.2, -0.15) is 0 Å². The van der Waals surface area contributed by atoms with Crippen LogP contribution in [0.1, 0.15) is 165 Å². The van der Waals surface area contributed by atoms with Gasteiger partial charge in [-0.3, -0.25) is 0 Å². The van der Waals surface area contributed by atoms with E-state index in [1.807, 2.05) is 14.2 Å².